The van der Waals surface area contributed by atoms with Crippen LogP contribution in [0.25, 0.3) is 11.0 Å². The topological polar surface area (TPSA) is 60.7 Å². The number of rotatable bonds is 10. The van der Waals surface area contributed by atoms with Crippen LogP contribution in [0.15, 0.2) is 65.5 Å². The highest BCUT2D eigenvalue weighted by molar-refractivity contribution is 5.83. The fraction of sp³-hybridized carbons (Fsp3) is 0.387. The summed E-state index contributed by atoms with van der Waals surface area (Å²) in [4.78, 5) is 15.9. The highest BCUT2D eigenvalue weighted by atomic mass is 19.4. The second-order valence-electron chi connectivity index (χ2n) is 10.6. The molecule has 224 valence electrons. The van der Waals surface area contributed by atoms with E-state index in [0.29, 0.717) is 55.1 Å². The highest BCUT2D eigenvalue weighted by Gasteiger charge is 2.35. The molecule has 1 aliphatic heterocycles. The second kappa shape index (κ2) is 12.2. The highest BCUT2D eigenvalue weighted by Crippen LogP contribution is 2.36. The standard InChI is InChI=1S/C31H34F4N4O3/c1-20(19-41-2)36-16-21-9-6-11-25(32)28(21)37-15-14-23(18-37)39-26-12-7-13-27(42-3)29(26)38(30(39)40)17-22-8-4-5-10-24(22)31(33,34)35/h4-13,20,23,36H,14-19H2,1-3H3. The number of hydrogen-bond acceptors (Lipinski definition) is 5. The predicted octanol–water partition coefficient (Wildman–Crippen LogP) is 5.59. The van der Waals surface area contributed by atoms with Gasteiger partial charge in [-0.1, -0.05) is 36.4 Å². The number of aromatic nitrogens is 2. The Morgan fingerprint density at radius 1 is 1.02 bits per heavy atom. The van der Waals surface area contributed by atoms with Crippen molar-refractivity contribution < 1.29 is 27.0 Å². The summed E-state index contributed by atoms with van der Waals surface area (Å²) in [6.07, 6.45) is -4.01. The van der Waals surface area contributed by atoms with Crippen LogP contribution in [0.1, 0.15) is 36.1 Å². The van der Waals surface area contributed by atoms with Crippen molar-refractivity contribution in [3.8, 4) is 5.75 Å². The Morgan fingerprint density at radius 2 is 1.76 bits per heavy atom. The fourth-order valence-electron chi connectivity index (χ4n) is 5.88. The van der Waals surface area contributed by atoms with Crippen LogP contribution >= 0.6 is 0 Å². The molecule has 1 N–H and O–H groups in total. The zero-order chi connectivity index (χ0) is 30.0. The van der Waals surface area contributed by atoms with E-state index in [2.05, 4.69) is 5.32 Å². The largest absolute Gasteiger partial charge is 0.494 e. The molecule has 11 heteroatoms. The maximum atomic E-state index is 15.2. The van der Waals surface area contributed by atoms with Gasteiger partial charge >= 0.3 is 11.9 Å². The zero-order valence-electron chi connectivity index (χ0n) is 23.7. The minimum atomic E-state index is -4.57. The van der Waals surface area contributed by atoms with Crippen molar-refractivity contribution in [1.82, 2.24) is 14.5 Å². The number of imidazole rings is 1. The third-order valence-corrected chi connectivity index (χ3v) is 7.79. The normalized spacial score (nSPS) is 16.4. The van der Waals surface area contributed by atoms with E-state index in [0.717, 1.165) is 11.6 Å². The smallest absolute Gasteiger partial charge is 0.416 e. The maximum Gasteiger partial charge on any atom is 0.416 e. The Hall–Kier alpha value is -3.83. The van der Waals surface area contributed by atoms with Crippen molar-refractivity contribution in [2.45, 2.75) is 44.7 Å². The summed E-state index contributed by atoms with van der Waals surface area (Å²) in [5, 5.41) is 3.35. The summed E-state index contributed by atoms with van der Waals surface area (Å²) in [7, 11) is 3.09. The van der Waals surface area contributed by atoms with Gasteiger partial charge in [0.25, 0.3) is 0 Å². The lowest BCUT2D eigenvalue weighted by atomic mass is 10.1. The van der Waals surface area contributed by atoms with E-state index < -0.39 is 17.4 Å². The number of para-hydroxylation sites is 2. The number of benzene rings is 3. The summed E-state index contributed by atoms with van der Waals surface area (Å²) in [5.41, 5.74) is 0.992. The average Bonchev–Trinajstić information content (AvgIpc) is 3.54. The van der Waals surface area contributed by atoms with Gasteiger partial charge in [0.15, 0.2) is 0 Å². The quantitative estimate of drug-likeness (QED) is 0.246. The Balaban J connectivity index is 1.52. The number of fused-ring (bicyclic) bond motifs is 1. The molecule has 1 aliphatic rings. The van der Waals surface area contributed by atoms with Gasteiger partial charge in [-0.3, -0.25) is 9.13 Å². The predicted molar refractivity (Wildman–Crippen MR) is 154 cm³/mol. The molecule has 42 heavy (non-hydrogen) atoms. The van der Waals surface area contributed by atoms with Gasteiger partial charge in [-0.15, -0.1) is 0 Å². The molecule has 0 amide bonds. The van der Waals surface area contributed by atoms with Gasteiger partial charge in [-0.2, -0.15) is 13.2 Å². The monoisotopic (exact) mass is 586 g/mol. The number of nitrogens with one attached hydrogen (secondary N) is 1. The lowest BCUT2D eigenvalue weighted by molar-refractivity contribution is -0.138. The minimum absolute atomic E-state index is 0.0173. The van der Waals surface area contributed by atoms with E-state index in [1.807, 2.05) is 17.9 Å². The van der Waals surface area contributed by atoms with Gasteiger partial charge in [-0.05, 0) is 48.7 Å². The van der Waals surface area contributed by atoms with E-state index >= 15 is 4.39 Å². The summed E-state index contributed by atoms with van der Waals surface area (Å²) in [6, 6.07) is 15.2. The van der Waals surface area contributed by atoms with Crippen LogP contribution in [-0.4, -0.2) is 49.1 Å². The van der Waals surface area contributed by atoms with Crippen LogP contribution < -0.4 is 20.6 Å². The first-order valence-corrected chi connectivity index (χ1v) is 13.8. The van der Waals surface area contributed by atoms with Crippen molar-refractivity contribution in [2.24, 2.45) is 0 Å². The van der Waals surface area contributed by atoms with E-state index in [9.17, 15) is 18.0 Å². The Labute approximate surface area is 241 Å². The molecular weight excluding hydrogens is 552 g/mol. The first kappa shape index (κ1) is 29.7. The Kier molecular flexibility index (Phi) is 8.60. The van der Waals surface area contributed by atoms with E-state index in [1.165, 1.54) is 35.9 Å². The molecule has 1 aromatic heterocycles. The molecule has 0 spiro atoms. The Morgan fingerprint density at radius 3 is 2.50 bits per heavy atom. The number of alkyl halides is 3. The number of halogens is 4. The number of anilines is 1. The molecule has 1 saturated heterocycles. The summed E-state index contributed by atoms with van der Waals surface area (Å²) in [6.45, 7) is 3.52. The summed E-state index contributed by atoms with van der Waals surface area (Å²) in [5.74, 6) is 0.0323. The van der Waals surface area contributed by atoms with Crippen LogP contribution in [0.3, 0.4) is 0 Å². The molecule has 2 heterocycles. The minimum Gasteiger partial charge on any atom is -0.494 e. The van der Waals surface area contributed by atoms with Gasteiger partial charge in [0.1, 0.15) is 17.1 Å². The molecule has 4 aromatic rings. The lowest BCUT2D eigenvalue weighted by Gasteiger charge is -2.24. The van der Waals surface area contributed by atoms with E-state index in [1.54, 1.807) is 35.9 Å². The average molecular weight is 587 g/mol. The van der Waals surface area contributed by atoms with Gasteiger partial charge in [0.05, 0.1) is 43.1 Å². The Bertz CT molecular complexity index is 1610. The molecule has 2 unspecified atom stereocenters. The van der Waals surface area contributed by atoms with Crippen LogP contribution in [0, 0.1) is 5.82 Å². The molecule has 0 aliphatic carbocycles. The van der Waals surface area contributed by atoms with Gasteiger partial charge in [-0.25, -0.2) is 9.18 Å². The van der Waals surface area contributed by atoms with Crippen LogP contribution in [0.5, 0.6) is 5.75 Å². The second-order valence-corrected chi connectivity index (χ2v) is 10.6. The van der Waals surface area contributed by atoms with E-state index in [4.69, 9.17) is 9.47 Å². The third-order valence-electron chi connectivity index (χ3n) is 7.79. The van der Waals surface area contributed by atoms with Crippen molar-refractivity contribution in [3.05, 3.63) is 93.7 Å². The summed E-state index contributed by atoms with van der Waals surface area (Å²) < 4.78 is 70.4. The van der Waals surface area contributed by atoms with Crippen LogP contribution in [0.2, 0.25) is 0 Å². The van der Waals surface area contributed by atoms with Gasteiger partial charge in [0, 0.05) is 32.8 Å². The molecule has 0 saturated carbocycles. The lowest BCUT2D eigenvalue weighted by Crippen LogP contribution is -2.32. The number of methoxy groups -OCH3 is 2. The van der Waals surface area contributed by atoms with Crippen LogP contribution in [0.4, 0.5) is 23.2 Å². The van der Waals surface area contributed by atoms with Gasteiger partial charge in [0.2, 0.25) is 0 Å². The summed E-state index contributed by atoms with van der Waals surface area (Å²) >= 11 is 0. The number of ether oxygens (including phenoxy) is 2. The molecule has 0 radical (unpaired) electrons. The molecule has 1 fully saturated rings. The maximum absolute atomic E-state index is 15.2. The first-order chi connectivity index (χ1) is 20.1. The van der Waals surface area contributed by atoms with Crippen molar-refractivity contribution >= 4 is 16.7 Å². The molecular formula is C31H34F4N4O3. The van der Waals surface area contributed by atoms with Crippen molar-refractivity contribution in [1.29, 1.82) is 0 Å². The van der Waals surface area contributed by atoms with Crippen molar-refractivity contribution in [2.75, 3.05) is 38.8 Å². The molecule has 0 bridgehead atoms. The number of nitrogens with zero attached hydrogens (tertiary/aromatic N) is 3. The van der Waals surface area contributed by atoms with Gasteiger partial charge < -0.3 is 19.7 Å². The van der Waals surface area contributed by atoms with Crippen LogP contribution in [-0.2, 0) is 24.0 Å². The third kappa shape index (κ3) is 5.76. The van der Waals surface area contributed by atoms with E-state index in [-0.39, 0.29) is 30.0 Å². The molecule has 2 atom stereocenters. The fourth-order valence-corrected chi connectivity index (χ4v) is 5.88. The number of hydrogen-bond donors (Lipinski definition) is 1. The van der Waals surface area contributed by atoms with Crippen molar-refractivity contribution in [3.63, 3.8) is 0 Å². The first-order valence-electron chi connectivity index (χ1n) is 13.8. The molecule has 7 nitrogen and oxygen atoms in total. The molecule has 3 aromatic carbocycles. The molecule has 5 rings (SSSR count). The SMILES string of the molecule is COCC(C)NCc1cccc(F)c1N1CCC(n2c(=O)n(Cc3ccccc3C(F)(F)F)c3c(OC)cccc32)C1. The zero-order valence-corrected chi connectivity index (χ0v) is 23.7.